The van der Waals surface area contributed by atoms with Crippen LogP contribution >= 0.6 is 0 Å². The van der Waals surface area contributed by atoms with Gasteiger partial charge in [-0.2, -0.15) is 0 Å². The van der Waals surface area contributed by atoms with E-state index in [0.717, 1.165) is 0 Å². The minimum atomic E-state index is -3.53. The largest absolute Gasteiger partial charge is 0.398 e. The fraction of sp³-hybridized carbons (Fsp3) is 0.455. The number of nitrogen functional groups attached to an aromatic ring is 1. The summed E-state index contributed by atoms with van der Waals surface area (Å²) >= 11 is 0. The van der Waals surface area contributed by atoms with E-state index >= 15 is 0 Å². The second kappa shape index (κ2) is 6.03. The van der Waals surface area contributed by atoms with Crippen LogP contribution in [-0.2, 0) is 10.0 Å². The first-order chi connectivity index (χ1) is 8.40. The summed E-state index contributed by atoms with van der Waals surface area (Å²) < 4.78 is 25.4. The summed E-state index contributed by atoms with van der Waals surface area (Å²) in [5, 5.41) is 12.4. The summed E-state index contributed by atoms with van der Waals surface area (Å²) in [5.41, 5.74) is 6.54. The van der Waals surface area contributed by atoms with Crippen molar-refractivity contribution in [2.45, 2.75) is 24.3 Å². The highest BCUT2D eigenvalue weighted by Gasteiger charge is 2.15. The predicted molar refractivity (Wildman–Crippen MR) is 71.9 cm³/mol. The summed E-state index contributed by atoms with van der Waals surface area (Å²) in [6.07, 6.45) is 0.210. The zero-order valence-corrected chi connectivity index (χ0v) is 11.3. The van der Waals surface area contributed by atoms with E-state index in [1.54, 1.807) is 6.07 Å². The zero-order chi connectivity index (χ0) is 13.8. The molecule has 0 aliphatic heterocycles. The van der Waals surface area contributed by atoms with Gasteiger partial charge in [0.1, 0.15) is 4.90 Å². The van der Waals surface area contributed by atoms with Crippen LogP contribution in [0.3, 0.4) is 0 Å². The van der Waals surface area contributed by atoms with Gasteiger partial charge in [-0.25, -0.2) is 13.1 Å². The molecule has 5 N–H and O–H groups in total. The van der Waals surface area contributed by atoms with Crippen LogP contribution in [0, 0.1) is 0 Å². The summed E-state index contributed by atoms with van der Waals surface area (Å²) in [6, 6.07) is 4.58. The number of rotatable bonds is 6. The van der Waals surface area contributed by atoms with Crippen molar-refractivity contribution in [3.05, 3.63) is 18.2 Å². The fourth-order valence-electron chi connectivity index (χ4n) is 1.39. The molecule has 0 heterocycles. The summed E-state index contributed by atoms with van der Waals surface area (Å²) in [7, 11) is -2.20. The molecule has 7 heteroatoms. The molecule has 6 nitrogen and oxygen atoms in total. The van der Waals surface area contributed by atoms with E-state index in [1.165, 1.54) is 19.2 Å². The minimum Gasteiger partial charge on any atom is -0.398 e. The Bertz CT molecular complexity index is 502. The van der Waals surface area contributed by atoms with Gasteiger partial charge in [-0.1, -0.05) is 6.92 Å². The van der Waals surface area contributed by atoms with Crippen LogP contribution in [0.25, 0.3) is 0 Å². The smallest absolute Gasteiger partial charge is 0.242 e. The lowest BCUT2D eigenvalue weighted by atomic mass is 10.2. The first-order valence-electron chi connectivity index (χ1n) is 5.65. The van der Waals surface area contributed by atoms with Crippen LogP contribution in [0.4, 0.5) is 11.4 Å². The second-order valence-electron chi connectivity index (χ2n) is 3.90. The van der Waals surface area contributed by atoms with Gasteiger partial charge in [-0.3, -0.25) is 0 Å². The van der Waals surface area contributed by atoms with E-state index in [9.17, 15) is 13.5 Å². The molecule has 0 saturated heterocycles. The average Bonchev–Trinajstić information content (AvgIpc) is 2.35. The maximum absolute atomic E-state index is 11.6. The maximum Gasteiger partial charge on any atom is 0.242 e. The van der Waals surface area contributed by atoms with Crippen LogP contribution in [0.2, 0.25) is 0 Å². The highest BCUT2D eigenvalue weighted by Crippen LogP contribution is 2.22. The SMILES string of the molecule is CCC(O)CNc1ccc(S(=O)(=O)NC)c(N)c1. The van der Waals surface area contributed by atoms with Crippen molar-refractivity contribution in [2.75, 3.05) is 24.6 Å². The Kier molecular flexibility index (Phi) is 4.94. The first kappa shape index (κ1) is 14.7. The van der Waals surface area contributed by atoms with Gasteiger partial charge in [0.15, 0.2) is 0 Å². The van der Waals surface area contributed by atoms with Crippen molar-refractivity contribution in [1.82, 2.24) is 4.72 Å². The Morgan fingerprint density at radius 2 is 2.11 bits per heavy atom. The number of nitrogens with two attached hydrogens (primary N) is 1. The molecule has 0 amide bonds. The van der Waals surface area contributed by atoms with Gasteiger partial charge in [0.2, 0.25) is 10.0 Å². The van der Waals surface area contributed by atoms with Crippen molar-refractivity contribution in [1.29, 1.82) is 0 Å². The standard InChI is InChI=1S/C11H19N3O3S/c1-3-9(15)7-14-8-4-5-11(10(12)6-8)18(16,17)13-2/h4-6,9,13-15H,3,7,12H2,1-2H3. The molecule has 0 fully saturated rings. The number of benzene rings is 1. The van der Waals surface area contributed by atoms with Gasteiger partial charge in [-0.15, -0.1) is 0 Å². The van der Waals surface area contributed by atoms with Crippen molar-refractivity contribution in [2.24, 2.45) is 0 Å². The Morgan fingerprint density at radius 1 is 1.44 bits per heavy atom. The predicted octanol–water partition coefficient (Wildman–Crippen LogP) is 0.360. The van der Waals surface area contributed by atoms with Gasteiger partial charge in [-0.05, 0) is 31.7 Å². The molecule has 102 valence electrons. The topological polar surface area (TPSA) is 104 Å². The van der Waals surface area contributed by atoms with E-state index in [0.29, 0.717) is 18.7 Å². The molecule has 0 aliphatic carbocycles. The zero-order valence-electron chi connectivity index (χ0n) is 10.5. The highest BCUT2D eigenvalue weighted by molar-refractivity contribution is 7.89. The molecule has 0 radical (unpaired) electrons. The Balaban J connectivity index is 2.87. The molecule has 1 unspecified atom stereocenters. The third-order valence-electron chi connectivity index (χ3n) is 2.58. The lowest BCUT2D eigenvalue weighted by molar-refractivity contribution is 0.183. The quantitative estimate of drug-likeness (QED) is 0.560. The maximum atomic E-state index is 11.6. The van der Waals surface area contributed by atoms with Gasteiger partial charge in [0.05, 0.1) is 11.8 Å². The van der Waals surface area contributed by atoms with Crippen LogP contribution in [0.15, 0.2) is 23.1 Å². The molecular weight excluding hydrogens is 254 g/mol. The molecule has 0 aliphatic rings. The molecule has 0 aromatic heterocycles. The minimum absolute atomic E-state index is 0.0478. The molecule has 1 atom stereocenters. The van der Waals surface area contributed by atoms with Crippen molar-refractivity contribution < 1.29 is 13.5 Å². The van der Waals surface area contributed by atoms with E-state index in [2.05, 4.69) is 10.0 Å². The van der Waals surface area contributed by atoms with Crippen LogP contribution in [-0.4, -0.2) is 33.2 Å². The fourth-order valence-corrected chi connectivity index (χ4v) is 2.23. The van der Waals surface area contributed by atoms with E-state index in [1.807, 2.05) is 6.92 Å². The molecule has 18 heavy (non-hydrogen) atoms. The first-order valence-corrected chi connectivity index (χ1v) is 7.14. The Morgan fingerprint density at radius 3 is 2.61 bits per heavy atom. The van der Waals surface area contributed by atoms with Gasteiger partial charge < -0.3 is 16.2 Å². The van der Waals surface area contributed by atoms with Crippen LogP contribution in [0.1, 0.15) is 13.3 Å². The Labute approximate surface area is 107 Å². The number of aliphatic hydroxyl groups is 1. The molecule has 0 bridgehead atoms. The highest BCUT2D eigenvalue weighted by atomic mass is 32.2. The molecule has 0 saturated carbocycles. The van der Waals surface area contributed by atoms with E-state index in [4.69, 9.17) is 5.73 Å². The average molecular weight is 273 g/mol. The Hall–Kier alpha value is -1.31. The summed E-state index contributed by atoms with van der Waals surface area (Å²) in [5.74, 6) is 0. The third-order valence-corrected chi connectivity index (χ3v) is 4.07. The van der Waals surface area contributed by atoms with Crippen molar-refractivity contribution in [3.63, 3.8) is 0 Å². The van der Waals surface area contributed by atoms with Crippen molar-refractivity contribution in [3.8, 4) is 0 Å². The molecule has 1 rings (SSSR count). The van der Waals surface area contributed by atoms with Gasteiger partial charge in [0, 0.05) is 12.2 Å². The van der Waals surface area contributed by atoms with Gasteiger partial charge in [0.25, 0.3) is 0 Å². The third kappa shape index (κ3) is 3.59. The summed E-state index contributed by atoms with van der Waals surface area (Å²) in [4.78, 5) is 0.0478. The van der Waals surface area contributed by atoms with Gasteiger partial charge >= 0.3 is 0 Å². The number of aliphatic hydroxyl groups excluding tert-OH is 1. The molecule has 0 spiro atoms. The molecular formula is C11H19N3O3S. The number of anilines is 2. The van der Waals surface area contributed by atoms with Crippen molar-refractivity contribution >= 4 is 21.4 Å². The lowest BCUT2D eigenvalue weighted by Gasteiger charge is -2.12. The molecule has 1 aromatic rings. The van der Waals surface area contributed by atoms with Crippen LogP contribution in [0.5, 0.6) is 0 Å². The lowest BCUT2D eigenvalue weighted by Crippen LogP contribution is -2.21. The number of nitrogens with one attached hydrogen (secondary N) is 2. The van der Waals surface area contributed by atoms with E-state index in [-0.39, 0.29) is 10.6 Å². The number of hydrogen-bond donors (Lipinski definition) is 4. The normalized spacial score (nSPS) is 13.3. The summed E-state index contributed by atoms with van der Waals surface area (Å²) in [6.45, 7) is 2.28. The monoisotopic (exact) mass is 273 g/mol. The number of sulfonamides is 1. The van der Waals surface area contributed by atoms with E-state index < -0.39 is 16.1 Å². The van der Waals surface area contributed by atoms with Crippen LogP contribution < -0.4 is 15.8 Å². The number of hydrogen-bond acceptors (Lipinski definition) is 5. The second-order valence-corrected chi connectivity index (χ2v) is 5.76. The molecule has 1 aromatic carbocycles.